The lowest BCUT2D eigenvalue weighted by Crippen LogP contribution is -2.50. The van der Waals surface area contributed by atoms with Gasteiger partial charge in [0.1, 0.15) is 6.04 Å². The molecule has 5 nitrogen and oxygen atoms in total. The van der Waals surface area contributed by atoms with Crippen molar-refractivity contribution in [3.8, 4) is 6.07 Å². The van der Waals surface area contributed by atoms with Gasteiger partial charge in [-0.3, -0.25) is 9.78 Å². The molecule has 1 aromatic heterocycles. The van der Waals surface area contributed by atoms with E-state index in [1.54, 1.807) is 0 Å². The van der Waals surface area contributed by atoms with Crippen molar-refractivity contribution in [3.63, 3.8) is 0 Å². The first-order chi connectivity index (χ1) is 13.7. The first kappa shape index (κ1) is 17.2. The van der Waals surface area contributed by atoms with Gasteiger partial charge in [0.05, 0.1) is 17.6 Å². The van der Waals surface area contributed by atoms with Crippen LogP contribution >= 0.6 is 0 Å². The van der Waals surface area contributed by atoms with E-state index < -0.39 is 6.04 Å². The third-order valence-electron chi connectivity index (χ3n) is 6.21. The normalized spacial score (nSPS) is 24.3. The molecule has 0 spiro atoms. The molecule has 3 aromatic rings. The van der Waals surface area contributed by atoms with Crippen LogP contribution in [-0.2, 0) is 11.2 Å². The zero-order chi connectivity index (χ0) is 19.1. The molecule has 2 bridgehead atoms. The van der Waals surface area contributed by atoms with Crippen LogP contribution in [0.2, 0.25) is 0 Å². The van der Waals surface area contributed by atoms with E-state index in [4.69, 9.17) is 0 Å². The molecule has 2 aliphatic rings. The molecule has 1 aliphatic heterocycles. The quantitative estimate of drug-likeness (QED) is 0.692. The summed E-state index contributed by atoms with van der Waals surface area (Å²) >= 11 is 0. The highest BCUT2D eigenvalue weighted by atomic mass is 16.2. The molecule has 2 aromatic carbocycles. The second-order valence-electron chi connectivity index (χ2n) is 8.01. The van der Waals surface area contributed by atoms with Crippen LogP contribution in [0.15, 0.2) is 48.7 Å². The Hall–Kier alpha value is -2.97. The third-order valence-corrected chi connectivity index (χ3v) is 6.21. The summed E-state index contributed by atoms with van der Waals surface area (Å²) in [4.78, 5) is 17.1. The predicted octanol–water partition coefficient (Wildman–Crippen LogP) is 3.08. The molecule has 5 heteroatoms. The minimum atomic E-state index is -0.528. The maximum absolute atomic E-state index is 12.6. The number of rotatable bonds is 4. The standard InChI is InChI=1S/C23H22N4O/c24-12-18(27-23(28)22-15-6-7-17(11-15)26-22)10-14-5-8-19-16(9-14)13-25-21-4-2-1-3-20(19)21/h1-5,8-9,13,15,17-18,22,26H,6-7,10-11H2,(H,27,28). The van der Waals surface area contributed by atoms with Crippen molar-refractivity contribution in [2.24, 2.45) is 5.92 Å². The number of nitrogens with one attached hydrogen (secondary N) is 2. The largest absolute Gasteiger partial charge is 0.339 e. The summed E-state index contributed by atoms with van der Waals surface area (Å²) in [6, 6.07) is 16.3. The van der Waals surface area contributed by atoms with E-state index in [1.165, 1.54) is 0 Å². The lowest BCUT2D eigenvalue weighted by molar-refractivity contribution is -0.124. The van der Waals surface area contributed by atoms with Gasteiger partial charge in [0.25, 0.3) is 0 Å². The van der Waals surface area contributed by atoms with Gasteiger partial charge in [-0.05, 0) is 48.3 Å². The maximum Gasteiger partial charge on any atom is 0.238 e. The van der Waals surface area contributed by atoms with Crippen molar-refractivity contribution < 1.29 is 4.79 Å². The van der Waals surface area contributed by atoms with E-state index in [2.05, 4.69) is 39.9 Å². The van der Waals surface area contributed by atoms with Crippen LogP contribution in [0.1, 0.15) is 24.8 Å². The molecule has 28 heavy (non-hydrogen) atoms. The fraction of sp³-hybridized carbons (Fsp3) is 0.348. The highest BCUT2D eigenvalue weighted by Crippen LogP contribution is 2.35. The van der Waals surface area contributed by atoms with Gasteiger partial charge in [-0.1, -0.05) is 30.3 Å². The summed E-state index contributed by atoms with van der Waals surface area (Å²) in [5.74, 6) is 0.386. The van der Waals surface area contributed by atoms with E-state index in [-0.39, 0.29) is 11.9 Å². The fourth-order valence-electron chi connectivity index (χ4n) is 4.82. The Morgan fingerprint density at radius 1 is 1.25 bits per heavy atom. The summed E-state index contributed by atoms with van der Waals surface area (Å²) in [7, 11) is 0. The number of aromatic nitrogens is 1. The smallest absolute Gasteiger partial charge is 0.238 e. The number of carbonyl (C=O) groups is 1. The zero-order valence-corrected chi connectivity index (χ0v) is 15.6. The van der Waals surface area contributed by atoms with Gasteiger partial charge in [-0.2, -0.15) is 5.26 Å². The molecule has 0 radical (unpaired) electrons. The van der Waals surface area contributed by atoms with E-state index in [0.29, 0.717) is 18.4 Å². The number of benzene rings is 2. The molecular formula is C23H22N4O. The van der Waals surface area contributed by atoms with Crippen LogP contribution in [0.3, 0.4) is 0 Å². The molecule has 1 saturated heterocycles. The van der Waals surface area contributed by atoms with Gasteiger partial charge in [-0.15, -0.1) is 0 Å². The number of piperidine rings is 1. The van der Waals surface area contributed by atoms with Gasteiger partial charge < -0.3 is 10.6 Å². The number of para-hydroxylation sites is 1. The lowest BCUT2D eigenvalue weighted by atomic mass is 9.98. The number of amides is 1. The Kier molecular flexibility index (Phi) is 4.22. The highest BCUT2D eigenvalue weighted by molar-refractivity contribution is 6.05. The number of fused-ring (bicyclic) bond motifs is 5. The number of nitrogens with zero attached hydrogens (tertiary/aromatic N) is 2. The van der Waals surface area contributed by atoms with Crippen LogP contribution in [-0.4, -0.2) is 29.0 Å². The SMILES string of the molecule is N#CC(Cc1ccc2c(cnc3ccccc32)c1)NC(=O)C1NC2CCC1C2. The van der Waals surface area contributed by atoms with Crippen LogP contribution in [0.5, 0.6) is 0 Å². The lowest BCUT2D eigenvalue weighted by Gasteiger charge is -2.23. The molecule has 2 heterocycles. The monoisotopic (exact) mass is 370 g/mol. The van der Waals surface area contributed by atoms with Crippen molar-refractivity contribution >= 4 is 27.6 Å². The number of carbonyl (C=O) groups excluding carboxylic acids is 1. The summed E-state index contributed by atoms with van der Waals surface area (Å²) in [5.41, 5.74) is 2.00. The van der Waals surface area contributed by atoms with Gasteiger partial charge in [0.2, 0.25) is 5.91 Å². The summed E-state index contributed by atoms with van der Waals surface area (Å²) < 4.78 is 0. The van der Waals surface area contributed by atoms with Gasteiger partial charge in [-0.25, -0.2) is 0 Å². The minimum absolute atomic E-state index is 0.0350. The molecule has 140 valence electrons. The first-order valence-electron chi connectivity index (χ1n) is 9.94. The molecule has 2 N–H and O–H groups in total. The fourth-order valence-corrected chi connectivity index (χ4v) is 4.82. The Balaban J connectivity index is 1.34. The first-order valence-corrected chi connectivity index (χ1v) is 9.94. The average molecular weight is 370 g/mol. The molecule has 4 atom stereocenters. The van der Waals surface area contributed by atoms with E-state index in [1.807, 2.05) is 30.5 Å². The molecular weight excluding hydrogens is 348 g/mol. The summed E-state index contributed by atoms with van der Waals surface area (Å²) in [6.45, 7) is 0. The van der Waals surface area contributed by atoms with Crippen molar-refractivity contribution in [3.05, 3.63) is 54.2 Å². The van der Waals surface area contributed by atoms with Crippen molar-refractivity contribution in [2.75, 3.05) is 0 Å². The van der Waals surface area contributed by atoms with E-state index >= 15 is 0 Å². The third kappa shape index (κ3) is 3.00. The van der Waals surface area contributed by atoms with Crippen molar-refractivity contribution in [1.29, 1.82) is 5.26 Å². The Morgan fingerprint density at radius 2 is 2.14 bits per heavy atom. The van der Waals surface area contributed by atoms with Crippen molar-refractivity contribution in [2.45, 2.75) is 43.8 Å². The van der Waals surface area contributed by atoms with Crippen molar-refractivity contribution in [1.82, 2.24) is 15.6 Å². The topological polar surface area (TPSA) is 77.8 Å². The second kappa shape index (κ2) is 6.88. The molecule has 1 amide bonds. The van der Waals surface area contributed by atoms with Crippen LogP contribution < -0.4 is 10.6 Å². The number of hydrogen-bond acceptors (Lipinski definition) is 4. The summed E-state index contributed by atoms with van der Waals surface area (Å²) in [6.07, 6.45) is 5.72. The number of nitriles is 1. The molecule has 2 fully saturated rings. The van der Waals surface area contributed by atoms with Crippen LogP contribution in [0.4, 0.5) is 0 Å². The van der Waals surface area contributed by atoms with Gasteiger partial charge in [0.15, 0.2) is 0 Å². The van der Waals surface area contributed by atoms with Crippen LogP contribution in [0.25, 0.3) is 21.7 Å². The molecule has 4 unspecified atom stereocenters. The Bertz CT molecular complexity index is 1100. The van der Waals surface area contributed by atoms with E-state index in [0.717, 1.165) is 46.5 Å². The molecule has 5 rings (SSSR count). The minimum Gasteiger partial charge on any atom is -0.339 e. The van der Waals surface area contributed by atoms with Gasteiger partial charge in [0, 0.05) is 29.4 Å². The predicted molar refractivity (Wildman–Crippen MR) is 109 cm³/mol. The van der Waals surface area contributed by atoms with Gasteiger partial charge >= 0.3 is 0 Å². The average Bonchev–Trinajstić information content (AvgIpc) is 3.36. The molecule has 1 saturated carbocycles. The zero-order valence-electron chi connectivity index (χ0n) is 15.6. The van der Waals surface area contributed by atoms with Crippen LogP contribution in [0, 0.1) is 17.2 Å². The Labute approximate surface area is 163 Å². The summed E-state index contributed by atoms with van der Waals surface area (Å²) in [5, 5.41) is 19.2. The Morgan fingerprint density at radius 3 is 2.93 bits per heavy atom. The maximum atomic E-state index is 12.6. The molecule has 1 aliphatic carbocycles. The number of hydrogen-bond donors (Lipinski definition) is 2. The highest BCUT2D eigenvalue weighted by Gasteiger charge is 2.43. The van der Waals surface area contributed by atoms with E-state index in [9.17, 15) is 10.1 Å². The number of pyridine rings is 1. The second-order valence-corrected chi connectivity index (χ2v) is 8.01.